The number of carbonyl (C=O) groups is 2. The lowest BCUT2D eigenvalue weighted by molar-refractivity contribution is -0.148. The molecule has 0 spiro atoms. The zero-order valence-corrected chi connectivity index (χ0v) is 9.43. The third-order valence-electron chi connectivity index (χ3n) is 1.85. The molecule has 0 aliphatic rings. The van der Waals surface area contributed by atoms with Gasteiger partial charge in [-0.05, 0) is 12.3 Å². The van der Waals surface area contributed by atoms with E-state index in [0.29, 0.717) is 0 Å². The molecule has 0 bridgehead atoms. The van der Waals surface area contributed by atoms with E-state index in [0.717, 1.165) is 0 Å². The highest BCUT2D eigenvalue weighted by Crippen LogP contribution is 2.23. The summed E-state index contributed by atoms with van der Waals surface area (Å²) in [5.74, 6) is -5.99. The maximum absolute atomic E-state index is 13.1. The van der Waals surface area contributed by atoms with E-state index in [1.165, 1.54) is 0 Å². The average molecular weight is 237 g/mol. The zero-order chi connectivity index (χ0) is 12.8. The monoisotopic (exact) mass is 237 g/mol. The smallest absolute Gasteiger partial charge is 0.324 e. The van der Waals surface area contributed by atoms with Gasteiger partial charge >= 0.3 is 11.9 Å². The van der Waals surface area contributed by atoms with E-state index in [1.54, 1.807) is 13.8 Å². The number of hydrogen-bond donors (Lipinski definition) is 2. The maximum Gasteiger partial charge on any atom is 0.324 e. The predicted molar refractivity (Wildman–Crippen MR) is 54.3 cm³/mol. The summed E-state index contributed by atoms with van der Waals surface area (Å²) < 4.78 is 26.3. The number of aliphatic carboxylic acids is 1. The van der Waals surface area contributed by atoms with Crippen molar-refractivity contribution < 1.29 is 23.5 Å². The van der Waals surface area contributed by atoms with E-state index >= 15 is 0 Å². The van der Waals surface area contributed by atoms with Crippen molar-refractivity contribution in [1.29, 1.82) is 0 Å². The first kappa shape index (κ1) is 14.8. The van der Waals surface area contributed by atoms with Crippen LogP contribution in [-0.4, -0.2) is 29.5 Å². The molecule has 4 nitrogen and oxygen atoms in total. The van der Waals surface area contributed by atoms with Crippen LogP contribution in [0.1, 0.15) is 33.1 Å². The first-order valence-electron chi connectivity index (χ1n) is 5.13. The van der Waals surface area contributed by atoms with Gasteiger partial charge in [0.25, 0.3) is 5.91 Å². The molecule has 0 aromatic carbocycles. The van der Waals surface area contributed by atoms with Gasteiger partial charge in [-0.3, -0.25) is 9.59 Å². The minimum atomic E-state index is -3.38. The second-order valence-corrected chi connectivity index (χ2v) is 4.06. The molecule has 16 heavy (non-hydrogen) atoms. The van der Waals surface area contributed by atoms with Crippen molar-refractivity contribution in [2.45, 2.75) is 39.0 Å². The SMILES string of the molecule is CC(C)CC(F)(F)C(=O)NCCCC(=O)O. The largest absolute Gasteiger partial charge is 0.481 e. The molecule has 0 rings (SSSR count). The van der Waals surface area contributed by atoms with Gasteiger partial charge in [0.15, 0.2) is 0 Å². The Bertz CT molecular complexity index is 254. The normalized spacial score (nSPS) is 11.6. The van der Waals surface area contributed by atoms with Crippen LogP contribution < -0.4 is 5.32 Å². The van der Waals surface area contributed by atoms with Gasteiger partial charge in [-0.25, -0.2) is 0 Å². The number of carboxylic acid groups (broad SMARTS) is 1. The van der Waals surface area contributed by atoms with E-state index < -0.39 is 24.2 Å². The van der Waals surface area contributed by atoms with Crippen molar-refractivity contribution in [3.05, 3.63) is 0 Å². The second-order valence-electron chi connectivity index (χ2n) is 4.06. The highest BCUT2D eigenvalue weighted by molar-refractivity contribution is 5.83. The molecule has 0 aliphatic heterocycles. The standard InChI is InChI=1S/C10H17F2NO3/c1-7(2)6-10(11,12)9(16)13-5-3-4-8(14)15/h7H,3-6H2,1-2H3,(H,13,16)(H,14,15). The van der Waals surface area contributed by atoms with Crippen molar-refractivity contribution in [2.24, 2.45) is 5.92 Å². The number of nitrogens with one attached hydrogen (secondary N) is 1. The molecule has 6 heteroatoms. The van der Waals surface area contributed by atoms with Gasteiger partial charge in [-0.1, -0.05) is 13.8 Å². The Morgan fingerprint density at radius 2 is 1.94 bits per heavy atom. The predicted octanol–water partition coefficient (Wildman–Crippen LogP) is 1.65. The Morgan fingerprint density at radius 3 is 2.38 bits per heavy atom. The second kappa shape index (κ2) is 6.40. The summed E-state index contributed by atoms with van der Waals surface area (Å²) in [6, 6.07) is 0. The highest BCUT2D eigenvalue weighted by atomic mass is 19.3. The zero-order valence-electron chi connectivity index (χ0n) is 9.43. The molecular formula is C10H17F2NO3. The molecule has 94 valence electrons. The van der Waals surface area contributed by atoms with Gasteiger partial charge in [-0.2, -0.15) is 8.78 Å². The third kappa shape index (κ3) is 6.31. The summed E-state index contributed by atoms with van der Waals surface area (Å²) in [5.41, 5.74) is 0. The fourth-order valence-electron chi connectivity index (χ4n) is 1.18. The third-order valence-corrected chi connectivity index (χ3v) is 1.85. The molecule has 1 amide bonds. The van der Waals surface area contributed by atoms with Gasteiger partial charge in [0.2, 0.25) is 0 Å². The Kier molecular flexibility index (Phi) is 5.92. The highest BCUT2D eigenvalue weighted by Gasteiger charge is 2.38. The van der Waals surface area contributed by atoms with Crippen LogP contribution in [0.25, 0.3) is 0 Å². The van der Waals surface area contributed by atoms with Crippen molar-refractivity contribution in [3.63, 3.8) is 0 Å². The van der Waals surface area contributed by atoms with Gasteiger partial charge in [0.1, 0.15) is 0 Å². The Labute approximate surface area is 93.0 Å². The molecule has 0 aromatic heterocycles. The molecule has 0 saturated heterocycles. The summed E-state index contributed by atoms with van der Waals surface area (Å²) in [5, 5.41) is 10.3. The van der Waals surface area contributed by atoms with E-state index in [2.05, 4.69) is 0 Å². The lowest BCUT2D eigenvalue weighted by Crippen LogP contribution is -2.41. The molecule has 0 saturated carbocycles. The molecule has 0 aromatic rings. The first-order valence-corrected chi connectivity index (χ1v) is 5.13. The van der Waals surface area contributed by atoms with E-state index in [1.807, 2.05) is 5.32 Å². The van der Waals surface area contributed by atoms with Crippen LogP contribution in [0.2, 0.25) is 0 Å². The number of amides is 1. The topological polar surface area (TPSA) is 66.4 Å². The van der Waals surface area contributed by atoms with Crippen LogP contribution >= 0.6 is 0 Å². The Hall–Kier alpha value is -1.20. The lowest BCUT2D eigenvalue weighted by Gasteiger charge is -2.17. The van der Waals surface area contributed by atoms with E-state index in [4.69, 9.17) is 5.11 Å². The van der Waals surface area contributed by atoms with Gasteiger partial charge in [0, 0.05) is 19.4 Å². The lowest BCUT2D eigenvalue weighted by atomic mass is 10.0. The van der Waals surface area contributed by atoms with Gasteiger partial charge < -0.3 is 10.4 Å². The van der Waals surface area contributed by atoms with Crippen LogP contribution in [-0.2, 0) is 9.59 Å². The summed E-state index contributed by atoms with van der Waals surface area (Å²) in [7, 11) is 0. The van der Waals surface area contributed by atoms with Crippen molar-refractivity contribution in [1.82, 2.24) is 5.32 Å². The maximum atomic E-state index is 13.1. The quantitative estimate of drug-likeness (QED) is 0.661. The molecule has 0 heterocycles. The molecule has 0 unspecified atom stereocenters. The van der Waals surface area contributed by atoms with Crippen LogP contribution in [0.4, 0.5) is 8.78 Å². The van der Waals surface area contributed by atoms with Crippen LogP contribution in [0.15, 0.2) is 0 Å². The minimum Gasteiger partial charge on any atom is -0.481 e. The molecule has 2 N–H and O–H groups in total. The number of carbonyl (C=O) groups excluding carboxylic acids is 1. The molecule has 0 fully saturated rings. The molecule has 0 atom stereocenters. The fraction of sp³-hybridized carbons (Fsp3) is 0.800. The molecule has 0 aliphatic carbocycles. The summed E-state index contributed by atoms with van der Waals surface area (Å²) >= 11 is 0. The average Bonchev–Trinajstić information content (AvgIpc) is 2.09. The molecular weight excluding hydrogens is 220 g/mol. The molecule has 0 radical (unpaired) electrons. The fourth-order valence-corrected chi connectivity index (χ4v) is 1.18. The summed E-state index contributed by atoms with van der Waals surface area (Å²) in [4.78, 5) is 21.2. The minimum absolute atomic E-state index is 0.0428. The first-order chi connectivity index (χ1) is 7.25. The summed E-state index contributed by atoms with van der Waals surface area (Å²) in [6.07, 6.45) is -0.493. The number of alkyl halides is 2. The Morgan fingerprint density at radius 1 is 1.38 bits per heavy atom. The summed E-state index contributed by atoms with van der Waals surface area (Å²) in [6.45, 7) is 3.16. The van der Waals surface area contributed by atoms with Gasteiger partial charge in [-0.15, -0.1) is 0 Å². The van der Waals surface area contributed by atoms with Gasteiger partial charge in [0.05, 0.1) is 0 Å². The Balaban J connectivity index is 3.91. The number of rotatable bonds is 7. The van der Waals surface area contributed by atoms with Crippen molar-refractivity contribution in [3.8, 4) is 0 Å². The van der Waals surface area contributed by atoms with Crippen LogP contribution in [0.3, 0.4) is 0 Å². The van der Waals surface area contributed by atoms with Crippen molar-refractivity contribution in [2.75, 3.05) is 6.54 Å². The van der Waals surface area contributed by atoms with Crippen LogP contribution in [0, 0.1) is 5.92 Å². The van der Waals surface area contributed by atoms with Crippen LogP contribution in [0.5, 0.6) is 0 Å². The van der Waals surface area contributed by atoms with E-state index in [-0.39, 0.29) is 25.3 Å². The number of hydrogen-bond acceptors (Lipinski definition) is 2. The number of carboxylic acids is 1. The van der Waals surface area contributed by atoms with E-state index in [9.17, 15) is 18.4 Å². The van der Waals surface area contributed by atoms with Crippen molar-refractivity contribution >= 4 is 11.9 Å². The number of halogens is 2.